The van der Waals surface area contributed by atoms with Gasteiger partial charge in [-0.05, 0) is 31.9 Å². The molecule has 0 aliphatic carbocycles. The van der Waals surface area contributed by atoms with Crippen molar-refractivity contribution in [1.29, 1.82) is 0 Å². The van der Waals surface area contributed by atoms with Crippen LogP contribution in [0.1, 0.15) is 25.0 Å². The highest BCUT2D eigenvalue weighted by Gasteiger charge is 2.34. The maximum absolute atomic E-state index is 12.1. The second-order valence-electron chi connectivity index (χ2n) is 6.52. The zero-order chi connectivity index (χ0) is 17.7. The van der Waals surface area contributed by atoms with Gasteiger partial charge in [-0.15, -0.1) is 0 Å². The first-order valence-corrected chi connectivity index (χ1v) is 8.55. The normalized spacial score (nSPS) is 20.5. The minimum Gasteiger partial charge on any atom is -0.386 e. The summed E-state index contributed by atoms with van der Waals surface area (Å²) < 4.78 is 1.80. The highest BCUT2D eigenvalue weighted by molar-refractivity contribution is 5.75. The fraction of sp³-hybridized carbons (Fsp3) is 0.529. The molecule has 1 aliphatic rings. The van der Waals surface area contributed by atoms with E-state index in [-0.39, 0.29) is 12.5 Å². The molecule has 2 N–H and O–H groups in total. The van der Waals surface area contributed by atoms with Crippen LogP contribution in [-0.4, -0.2) is 56.0 Å². The first kappa shape index (κ1) is 17.3. The number of aliphatic hydroxyl groups is 1. The monoisotopic (exact) mass is 344 g/mol. The van der Waals surface area contributed by atoms with Gasteiger partial charge in [-0.3, -0.25) is 9.48 Å². The summed E-state index contributed by atoms with van der Waals surface area (Å²) >= 11 is 0. The zero-order valence-electron chi connectivity index (χ0n) is 14.4. The molecule has 8 heteroatoms. The molecule has 1 amide bonds. The van der Waals surface area contributed by atoms with Crippen LogP contribution >= 0.6 is 0 Å². The van der Waals surface area contributed by atoms with Crippen LogP contribution in [0.5, 0.6) is 0 Å². The van der Waals surface area contributed by atoms with Crippen LogP contribution in [-0.2, 0) is 11.3 Å². The molecular weight excluding hydrogens is 320 g/mol. The Kier molecular flexibility index (Phi) is 5.28. The summed E-state index contributed by atoms with van der Waals surface area (Å²) in [5.41, 5.74) is 0.0616. The van der Waals surface area contributed by atoms with E-state index in [0.717, 1.165) is 18.7 Å². The fourth-order valence-electron chi connectivity index (χ4n) is 3.07. The largest absolute Gasteiger partial charge is 0.386 e. The van der Waals surface area contributed by atoms with Gasteiger partial charge in [0.05, 0.1) is 12.1 Å². The number of aromatic nitrogens is 4. The summed E-state index contributed by atoms with van der Waals surface area (Å²) in [4.78, 5) is 22.5. The number of β-amino-alcohol motifs (C(OH)–C–C–N with tert-alkyl or cyclic N) is 1. The van der Waals surface area contributed by atoms with Crippen LogP contribution in [0.2, 0.25) is 0 Å². The van der Waals surface area contributed by atoms with Crippen molar-refractivity contribution in [2.45, 2.75) is 38.3 Å². The summed E-state index contributed by atoms with van der Waals surface area (Å²) in [6.45, 7) is 3.94. The van der Waals surface area contributed by atoms with Crippen LogP contribution in [0, 0.1) is 6.92 Å². The van der Waals surface area contributed by atoms with E-state index in [9.17, 15) is 9.90 Å². The van der Waals surface area contributed by atoms with Gasteiger partial charge in [0.1, 0.15) is 0 Å². The Morgan fingerprint density at radius 2 is 2.16 bits per heavy atom. The number of hydrogen-bond donors (Lipinski definition) is 2. The lowest BCUT2D eigenvalue weighted by Gasteiger charge is -2.39. The van der Waals surface area contributed by atoms with Crippen molar-refractivity contribution >= 4 is 11.9 Å². The molecule has 25 heavy (non-hydrogen) atoms. The first-order chi connectivity index (χ1) is 12.1. The predicted molar refractivity (Wildman–Crippen MR) is 93.0 cm³/mol. The fourth-order valence-corrected chi connectivity index (χ4v) is 3.07. The van der Waals surface area contributed by atoms with E-state index < -0.39 is 5.60 Å². The Labute approximate surface area is 146 Å². The number of nitrogens with zero attached hydrogens (tertiary/aromatic N) is 5. The van der Waals surface area contributed by atoms with Crippen molar-refractivity contribution in [2.24, 2.45) is 0 Å². The molecule has 0 bridgehead atoms. The molecule has 1 atom stereocenters. The highest BCUT2D eigenvalue weighted by Crippen LogP contribution is 2.23. The molecule has 1 saturated heterocycles. The number of rotatable bonds is 6. The number of amides is 1. The number of piperidine rings is 1. The summed E-state index contributed by atoms with van der Waals surface area (Å²) in [5, 5.41) is 17.8. The second kappa shape index (κ2) is 7.60. The lowest BCUT2D eigenvalue weighted by atomic mass is 9.93. The molecule has 0 saturated carbocycles. The van der Waals surface area contributed by atoms with E-state index in [2.05, 4.69) is 20.4 Å². The van der Waals surface area contributed by atoms with E-state index in [1.807, 2.05) is 17.9 Å². The van der Waals surface area contributed by atoms with Crippen molar-refractivity contribution in [3.63, 3.8) is 0 Å². The maximum Gasteiger partial charge on any atom is 0.225 e. The van der Waals surface area contributed by atoms with Crippen molar-refractivity contribution in [1.82, 2.24) is 25.1 Å². The number of carbonyl (C=O) groups excluding carboxylic acids is 1. The van der Waals surface area contributed by atoms with E-state index in [4.69, 9.17) is 0 Å². The molecule has 134 valence electrons. The van der Waals surface area contributed by atoms with Gasteiger partial charge in [-0.2, -0.15) is 5.10 Å². The Hall–Kier alpha value is -2.48. The minimum absolute atomic E-state index is 0.0867. The third-order valence-electron chi connectivity index (χ3n) is 4.48. The number of anilines is 1. The highest BCUT2D eigenvalue weighted by atomic mass is 16.3. The van der Waals surface area contributed by atoms with Gasteiger partial charge >= 0.3 is 0 Å². The molecule has 2 aromatic heterocycles. The molecular formula is C17H24N6O2. The topological polar surface area (TPSA) is 96.2 Å². The molecule has 0 unspecified atom stereocenters. The molecule has 1 aliphatic heterocycles. The molecule has 1 fully saturated rings. The van der Waals surface area contributed by atoms with E-state index in [0.29, 0.717) is 31.9 Å². The second-order valence-corrected chi connectivity index (χ2v) is 6.52. The first-order valence-electron chi connectivity index (χ1n) is 8.55. The van der Waals surface area contributed by atoms with Crippen LogP contribution in [0.4, 0.5) is 5.95 Å². The summed E-state index contributed by atoms with van der Waals surface area (Å²) in [7, 11) is 0. The van der Waals surface area contributed by atoms with Crippen molar-refractivity contribution in [2.75, 3.05) is 24.5 Å². The average molecular weight is 344 g/mol. The number of carbonyl (C=O) groups is 1. The number of nitrogens with one attached hydrogen (secondary N) is 1. The molecule has 3 rings (SSSR count). The summed E-state index contributed by atoms with van der Waals surface area (Å²) in [5.74, 6) is 0.525. The van der Waals surface area contributed by atoms with Crippen LogP contribution < -0.4 is 10.2 Å². The SMILES string of the molecule is Cc1ccnn1CCC(=O)NC[C@]1(O)CCCN(c2ncccn2)C1. The van der Waals surface area contributed by atoms with E-state index in [1.165, 1.54) is 0 Å². The lowest BCUT2D eigenvalue weighted by molar-refractivity contribution is -0.122. The average Bonchev–Trinajstić information content (AvgIpc) is 3.04. The van der Waals surface area contributed by atoms with Crippen molar-refractivity contribution < 1.29 is 9.90 Å². The van der Waals surface area contributed by atoms with Gasteiger partial charge in [-0.25, -0.2) is 9.97 Å². The molecule has 8 nitrogen and oxygen atoms in total. The van der Waals surface area contributed by atoms with E-state index >= 15 is 0 Å². The Morgan fingerprint density at radius 1 is 1.36 bits per heavy atom. The smallest absolute Gasteiger partial charge is 0.225 e. The van der Waals surface area contributed by atoms with E-state index in [1.54, 1.807) is 29.3 Å². The van der Waals surface area contributed by atoms with Gasteiger partial charge in [0.25, 0.3) is 0 Å². The molecule has 0 aromatic carbocycles. The third kappa shape index (κ3) is 4.54. The summed E-state index contributed by atoms with van der Waals surface area (Å²) in [6, 6.07) is 3.67. The van der Waals surface area contributed by atoms with Gasteiger partial charge in [0.2, 0.25) is 11.9 Å². The van der Waals surface area contributed by atoms with Gasteiger partial charge in [0.15, 0.2) is 0 Å². The number of aryl methyl sites for hydroxylation is 2. The number of hydrogen-bond acceptors (Lipinski definition) is 6. The van der Waals surface area contributed by atoms with Crippen molar-refractivity contribution in [3.8, 4) is 0 Å². The maximum atomic E-state index is 12.1. The van der Waals surface area contributed by atoms with Crippen LogP contribution in [0.25, 0.3) is 0 Å². The van der Waals surface area contributed by atoms with Crippen LogP contribution in [0.3, 0.4) is 0 Å². The predicted octanol–water partition coefficient (Wildman–Crippen LogP) is 0.519. The van der Waals surface area contributed by atoms with Gasteiger partial charge in [0, 0.05) is 50.3 Å². The zero-order valence-corrected chi connectivity index (χ0v) is 14.4. The Bertz CT molecular complexity index is 704. The molecule has 0 spiro atoms. The lowest BCUT2D eigenvalue weighted by Crippen LogP contribution is -2.54. The van der Waals surface area contributed by atoms with Gasteiger partial charge in [-0.1, -0.05) is 0 Å². The third-order valence-corrected chi connectivity index (χ3v) is 4.48. The Balaban J connectivity index is 1.49. The standard InChI is InChI=1S/C17H24N6O2/c1-14-4-9-21-23(14)11-5-15(24)20-12-17(25)6-2-10-22(13-17)16-18-7-3-8-19-16/h3-4,7-9,25H,2,5-6,10-13H2,1H3,(H,20,24)/t17-/m1/s1. The minimum atomic E-state index is -0.964. The Morgan fingerprint density at radius 3 is 2.88 bits per heavy atom. The molecule has 0 radical (unpaired) electrons. The molecule has 2 aromatic rings. The van der Waals surface area contributed by atoms with Gasteiger partial charge < -0.3 is 15.3 Å². The van der Waals surface area contributed by atoms with Crippen LogP contribution in [0.15, 0.2) is 30.7 Å². The quantitative estimate of drug-likeness (QED) is 0.793. The summed E-state index contributed by atoms with van der Waals surface area (Å²) in [6.07, 6.45) is 6.92. The molecule has 3 heterocycles. The van der Waals surface area contributed by atoms with Crippen molar-refractivity contribution in [3.05, 3.63) is 36.4 Å².